The van der Waals surface area contributed by atoms with Gasteiger partial charge in [0, 0.05) is 23.1 Å². The van der Waals surface area contributed by atoms with E-state index in [1.807, 2.05) is 41.9 Å². The molecule has 1 unspecified atom stereocenters. The summed E-state index contributed by atoms with van der Waals surface area (Å²) >= 11 is 3.69. The van der Waals surface area contributed by atoms with E-state index in [2.05, 4.69) is 35.1 Å². The fraction of sp³-hybridized carbons (Fsp3) is 0.286. The van der Waals surface area contributed by atoms with Gasteiger partial charge in [0.05, 0.1) is 11.6 Å². The van der Waals surface area contributed by atoms with Crippen LogP contribution in [0.3, 0.4) is 0 Å². The summed E-state index contributed by atoms with van der Waals surface area (Å²) in [6.45, 7) is 2.16. The second kappa shape index (κ2) is 5.33. The zero-order valence-corrected chi connectivity index (χ0v) is 11.8. The molecule has 0 spiro atoms. The SMILES string of the molecule is CC1CSC(SCc2cnc3ccccc3c2)=N1. The van der Waals surface area contributed by atoms with Crippen LogP contribution in [0.15, 0.2) is 41.5 Å². The van der Waals surface area contributed by atoms with Crippen molar-refractivity contribution in [1.29, 1.82) is 0 Å². The summed E-state index contributed by atoms with van der Waals surface area (Å²) in [5, 5.41) is 1.21. The molecule has 0 N–H and O–H groups in total. The maximum atomic E-state index is 4.59. The first-order chi connectivity index (χ1) is 8.81. The zero-order valence-electron chi connectivity index (χ0n) is 10.2. The molecule has 18 heavy (non-hydrogen) atoms. The summed E-state index contributed by atoms with van der Waals surface area (Å²) in [4.78, 5) is 9.07. The number of thioether (sulfide) groups is 2. The molecule has 1 aromatic heterocycles. The highest BCUT2D eigenvalue weighted by atomic mass is 32.2. The minimum absolute atomic E-state index is 0.479. The maximum Gasteiger partial charge on any atom is 0.125 e. The van der Waals surface area contributed by atoms with Crippen LogP contribution in [0.4, 0.5) is 0 Å². The van der Waals surface area contributed by atoms with Crippen LogP contribution in [0.1, 0.15) is 12.5 Å². The van der Waals surface area contributed by atoms with E-state index >= 15 is 0 Å². The highest BCUT2D eigenvalue weighted by Gasteiger charge is 2.14. The number of rotatable bonds is 2. The zero-order chi connectivity index (χ0) is 12.4. The van der Waals surface area contributed by atoms with Crippen LogP contribution in [0.5, 0.6) is 0 Å². The Kier molecular flexibility index (Phi) is 3.57. The van der Waals surface area contributed by atoms with Crippen LogP contribution in [-0.4, -0.2) is 21.2 Å². The van der Waals surface area contributed by atoms with E-state index in [0.717, 1.165) is 17.0 Å². The molecule has 3 rings (SSSR count). The first kappa shape index (κ1) is 12.1. The predicted octanol–water partition coefficient (Wildman–Crippen LogP) is 3.96. The van der Waals surface area contributed by atoms with Crippen molar-refractivity contribution >= 4 is 38.8 Å². The van der Waals surface area contributed by atoms with Gasteiger partial charge in [-0.15, -0.1) is 0 Å². The van der Waals surface area contributed by atoms with Gasteiger partial charge in [-0.25, -0.2) is 0 Å². The summed E-state index contributed by atoms with van der Waals surface area (Å²) in [5.41, 5.74) is 2.33. The van der Waals surface area contributed by atoms with Crippen LogP contribution in [-0.2, 0) is 5.75 Å². The minimum atomic E-state index is 0.479. The third kappa shape index (κ3) is 2.70. The topological polar surface area (TPSA) is 25.2 Å². The van der Waals surface area contributed by atoms with Gasteiger partial charge < -0.3 is 0 Å². The summed E-state index contributed by atoms with van der Waals surface area (Å²) < 4.78 is 1.22. The van der Waals surface area contributed by atoms with E-state index < -0.39 is 0 Å². The van der Waals surface area contributed by atoms with Gasteiger partial charge in [-0.05, 0) is 24.6 Å². The maximum absolute atomic E-state index is 4.59. The van der Waals surface area contributed by atoms with E-state index in [-0.39, 0.29) is 0 Å². The lowest BCUT2D eigenvalue weighted by atomic mass is 10.2. The van der Waals surface area contributed by atoms with Crippen molar-refractivity contribution in [2.75, 3.05) is 5.75 Å². The molecule has 0 saturated carbocycles. The standard InChI is InChI=1S/C14H14N2S2/c1-10-8-17-14(16-10)18-9-11-6-12-4-2-3-5-13(12)15-7-11/h2-7,10H,8-9H2,1H3. The summed E-state index contributed by atoms with van der Waals surface area (Å²) in [7, 11) is 0. The van der Waals surface area contributed by atoms with Crippen molar-refractivity contribution in [3.8, 4) is 0 Å². The molecule has 2 heterocycles. The molecule has 2 aromatic rings. The second-order valence-electron chi connectivity index (χ2n) is 4.38. The first-order valence-corrected chi connectivity index (χ1v) is 7.95. The number of hydrogen-bond acceptors (Lipinski definition) is 4. The van der Waals surface area contributed by atoms with Crippen LogP contribution in [0.25, 0.3) is 10.9 Å². The highest BCUT2D eigenvalue weighted by molar-refractivity contribution is 8.38. The molecule has 1 atom stereocenters. The smallest absolute Gasteiger partial charge is 0.125 e. The number of aliphatic imine (C=N–C) groups is 1. The number of pyridine rings is 1. The van der Waals surface area contributed by atoms with Crippen LogP contribution >= 0.6 is 23.5 Å². The van der Waals surface area contributed by atoms with Gasteiger partial charge in [-0.3, -0.25) is 9.98 Å². The van der Waals surface area contributed by atoms with Gasteiger partial charge in [0.1, 0.15) is 4.38 Å². The lowest BCUT2D eigenvalue weighted by molar-refractivity contribution is 0.867. The molecule has 1 aliphatic heterocycles. The van der Waals surface area contributed by atoms with Crippen molar-refractivity contribution in [2.45, 2.75) is 18.7 Å². The van der Waals surface area contributed by atoms with Crippen LogP contribution in [0, 0.1) is 0 Å². The second-order valence-corrected chi connectivity index (χ2v) is 6.61. The molecule has 0 amide bonds. The Balaban J connectivity index is 1.73. The quantitative estimate of drug-likeness (QED) is 0.829. The average Bonchev–Trinajstić information content (AvgIpc) is 2.82. The van der Waals surface area contributed by atoms with Crippen LogP contribution in [0.2, 0.25) is 0 Å². The van der Waals surface area contributed by atoms with Gasteiger partial charge in [-0.2, -0.15) is 0 Å². The fourth-order valence-electron chi connectivity index (χ4n) is 1.87. The molecule has 4 heteroatoms. The predicted molar refractivity (Wildman–Crippen MR) is 82.4 cm³/mol. The van der Waals surface area contributed by atoms with E-state index in [1.165, 1.54) is 15.3 Å². The van der Waals surface area contributed by atoms with E-state index in [0.29, 0.717) is 6.04 Å². The van der Waals surface area contributed by atoms with Crippen molar-refractivity contribution < 1.29 is 0 Å². The molecule has 92 valence electrons. The number of para-hydroxylation sites is 1. The Morgan fingerprint density at radius 2 is 2.28 bits per heavy atom. The van der Waals surface area contributed by atoms with Crippen molar-refractivity contribution in [2.24, 2.45) is 4.99 Å². The van der Waals surface area contributed by atoms with Gasteiger partial charge in [0.2, 0.25) is 0 Å². The first-order valence-electron chi connectivity index (χ1n) is 5.98. The molecule has 0 saturated heterocycles. The van der Waals surface area contributed by atoms with Crippen molar-refractivity contribution in [3.63, 3.8) is 0 Å². The molecule has 0 radical (unpaired) electrons. The third-order valence-electron chi connectivity index (χ3n) is 2.78. The minimum Gasteiger partial charge on any atom is -0.268 e. The Labute approximate surface area is 115 Å². The molecule has 0 aliphatic carbocycles. The van der Waals surface area contributed by atoms with E-state index in [4.69, 9.17) is 0 Å². The lowest BCUT2D eigenvalue weighted by Crippen LogP contribution is -1.92. The van der Waals surface area contributed by atoms with Gasteiger partial charge >= 0.3 is 0 Å². The third-order valence-corrected chi connectivity index (χ3v) is 5.32. The molecule has 2 nitrogen and oxygen atoms in total. The summed E-state index contributed by atoms with van der Waals surface area (Å²) in [6, 6.07) is 10.9. The lowest BCUT2D eigenvalue weighted by Gasteiger charge is -2.02. The number of aromatic nitrogens is 1. The average molecular weight is 274 g/mol. The Morgan fingerprint density at radius 1 is 1.39 bits per heavy atom. The normalized spacial score (nSPS) is 19.2. The number of benzene rings is 1. The molecule has 1 aromatic carbocycles. The largest absolute Gasteiger partial charge is 0.268 e. The van der Waals surface area contributed by atoms with Gasteiger partial charge in [0.25, 0.3) is 0 Å². The van der Waals surface area contributed by atoms with Crippen molar-refractivity contribution in [3.05, 3.63) is 42.1 Å². The fourth-order valence-corrected chi connectivity index (χ4v) is 4.00. The molecule has 1 aliphatic rings. The monoisotopic (exact) mass is 274 g/mol. The number of nitrogens with zero attached hydrogens (tertiary/aromatic N) is 2. The Morgan fingerprint density at radius 3 is 3.11 bits per heavy atom. The molecule has 0 fully saturated rings. The summed E-state index contributed by atoms with van der Waals surface area (Å²) in [5.74, 6) is 2.08. The number of hydrogen-bond donors (Lipinski definition) is 0. The highest BCUT2D eigenvalue weighted by Crippen LogP contribution is 2.28. The van der Waals surface area contributed by atoms with E-state index in [1.54, 1.807) is 0 Å². The molecular weight excluding hydrogens is 260 g/mol. The van der Waals surface area contributed by atoms with E-state index in [9.17, 15) is 0 Å². The summed E-state index contributed by atoms with van der Waals surface area (Å²) in [6.07, 6.45) is 1.97. The molecule has 0 bridgehead atoms. The van der Waals surface area contributed by atoms with Crippen LogP contribution < -0.4 is 0 Å². The van der Waals surface area contributed by atoms with Gasteiger partial charge in [0.15, 0.2) is 0 Å². The number of fused-ring (bicyclic) bond motifs is 1. The van der Waals surface area contributed by atoms with Crippen molar-refractivity contribution in [1.82, 2.24) is 4.98 Å². The molecular formula is C14H14N2S2. The Hall–Kier alpha value is -1.00. The Bertz CT molecular complexity index is 595. The van der Waals surface area contributed by atoms with Gasteiger partial charge in [-0.1, -0.05) is 41.7 Å².